The summed E-state index contributed by atoms with van der Waals surface area (Å²) in [6.45, 7) is 1.57. The topological polar surface area (TPSA) is 84.0 Å². The van der Waals surface area contributed by atoms with Gasteiger partial charge in [-0.05, 0) is 48.9 Å². The maximum atomic E-state index is 14.0. The molecule has 0 radical (unpaired) electrons. The van der Waals surface area contributed by atoms with E-state index in [4.69, 9.17) is 11.6 Å². The lowest BCUT2D eigenvalue weighted by Crippen LogP contribution is -2.14. The number of benzene rings is 3. The number of halogens is 3. The number of aromatic amines is 1. The fourth-order valence-electron chi connectivity index (χ4n) is 3.29. The molecule has 10 heteroatoms. The van der Waals surface area contributed by atoms with Gasteiger partial charge >= 0.3 is 0 Å². The van der Waals surface area contributed by atoms with Crippen molar-refractivity contribution in [3.05, 3.63) is 92.7 Å². The summed E-state index contributed by atoms with van der Waals surface area (Å²) in [4.78, 5) is 12.4. The van der Waals surface area contributed by atoms with Crippen molar-refractivity contribution in [1.29, 1.82) is 0 Å². The predicted octanol–water partition coefficient (Wildman–Crippen LogP) is 4.42. The highest BCUT2D eigenvalue weighted by Crippen LogP contribution is 2.26. The van der Waals surface area contributed by atoms with Gasteiger partial charge in [-0.2, -0.15) is 0 Å². The highest BCUT2D eigenvalue weighted by molar-refractivity contribution is 7.92. The molecule has 0 fully saturated rings. The second kappa shape index (κ2) is 7.82. The Bertz CT molecular complexity index is 1480. The lowest BCUT2D eigenvalue weighted by atomic mass is 10.2. The number of fused-ring (bicyclic) bond motifs is 1. The van der Waals surface area contributed by atoms with Crippen LogP contribution in [0.3, 0.4) is 0 Å². The molecule has 4 aromatic rings. The van der Waals surface area contributed by atoms with Crippen molar-refractivity contribution in [2.75, 3.05) is 4.72 Å². The molecule has 1 aromatic heterocycles. The number of H-pyrrole nitrogens is 1. The van der Waals surface area contributed by atoms with Crippen LogP contribution in [0.25, 0.3) is 10.9 Å². The minimum Gasteiger partial charge on any atom is -0.280 e. The Hall–Kier alpha value is -3.17. The van der Waals surface area contributed by atoms with E-state index < -0.39 is 27.2 Å². The van der Waals surface area contributed by atoms with Gasteiger partial charge in [-0.3, -0.25) is 19.3 Å². The van der Waals surface area contributed by atoms with Gasteiger partial charge < -0.3 is 0 Å². The third kappa shape index (κ3) is 4.06. The van der Waals surface area contributed by atoms with Gasteiger partial charge in [0.1, 0.15) is 11.6 Å². The molecule has 31 heavy (non-hydrogen) atoms. The van der Waals surface area contributed by atoms with E-state index in [1.165, 1.54) is 41.1 Å². The van der Waals surface area contributed by atoms with Crippen LogP contribution in [0.4, 0.5) is 14.5 Å². The molecule has 0 spiro atoms. The van der Waals surface area contributed by atoms with Gasteiger partial charge in [-0.25, -0.2) is 17.2 Å². The second-order valence-corrected chi connectivity index (χ2v) is 9.02. The zero-order valence-electron chi connectivity index (χ0n) is 16.1. The van der Waals surface area contributed by atoms with Gasteiger partial charge in [-0.15, -0.1) is 0 Å². The molecular weight excluding hydrogens is 448 g/mol. The van der Waals surface area contributed by atoms with Crippen molar-refractivity contribution < 1.29 is 17.2 Å². The SMILES string of the molecule is Cc1c(Cl)cccc1S(=O)(=O)Nc1ccc2c(c1)c(=O)[nH]n2Cc1ccc(F)cc1F. The standard InChI is InChI=1S/C21H16ClF2N3O3S/c1-12-17(22)3-2-4-20(12)31(29,30)26-15-7-8-19-16(10-15)21(28)25-27(19)11-13-5-6-14(23)9-18(13)24/h2-10,26H,11H2,1H3,(H,25,28). The number of nitrogens with one attached hydrogen (secondary N) is 2. The predicted molar refractivity (Wildman–Crippen MR) is 115 cm³/mol. The number of rotatable bonds is 5. The molecule has 1 heterocycles. The van der Waals surface area contributed by atoms with E-state index in [1.54, 1.807) is 13.0 Å². The number of nitrogens with zero attached hydrogens (tertiary/aromatic N) is 1. The largest absolute Gasteiger partial charge is 0.280 e. The van der Waals surface area contributed by atoms with Crippen molar-refractivity contribution in [3.63, 3.8) is 0 Å². The highest BCUT2D eigenvalue weighted by atomic mass is 35.5. The van der Waals surface area contributed by atoms with E-state index in [-0.39, 0.29) is 28.1 Å². The van der Waals surface area contributed by atoms with Crippen LogP contribution in [0.15, 0.2) is 64.3 Å². The summed E-state index contributed by atoms with van der Waals surface area (Å²) in [6.07, 6.45) is 0. The number of aromatic nitrogens is 2. The molecule has 4 rings (SSSR count). The summed E-state index contributed by atoms with van der Waals surface area (Å²) in [5, 5.41) is 3.12. The van der Waals surface area contributed by atoms with Crippen LogP contribution in [0, 0.1) is 18.6 Å². The Morgan fingerprint density at radius 2 is 1.87 bits per heavy atom. The van der Waals surface area contributed by atoms with Crippen molar-refractivity contribution in [2.45, 2.75) is 18.4 Å². The monoisotopic (exact) mass is 463 g/mol. The Morgan fingerprint density at radius 3 is 2.61 bits per heavy atom. The van der Waals surface area contributed by atoms with E-state index >= 15 is 0 Å². The number of sulfonamides is 1. The van der Waals surface area contributed by atoms with Crippen molar-refractivity contribution in [3.8, 4) is 0 Å². The van der Waals surface area contributed by atoms with E-state index in [0.29, 0.717) is 16.1 Å². The summed E-state index contributed by atoms with van der Waals surface area (Å²) in [7, 11) is -3.94. The first kappa shape index (κ1) is 21.1. The molecule has 0 aliphatic heterocycles. The molecule has 0 aliphatic carbocycles. The first-order valence-electron chi connectivity index (χ1n) is 9.10. The summed E-state index contributed by atoms with van der Waals surface area (Å²) in [5.74, 6) is -1.43. The Morgan fingerprint density at radius 1 is 1.10 bits per heavy atom. The van der Waals surface area contributed by atoms with Crippen molar-refractivity contribution in [1.82, 2.24) is 9.78 Å². The molecule has 0 aliphatic rings. The van der Waals surface area contributed by atoms with Crippen molar-refractivity contribution >= 4 is 38.2 Å². The van der Waals surface area contributed by atoms with Gasteiger partial charge in [-0.1, -0.05) is 23.7 Å². The molecule has 2 N–H and O–H groups in total. The fourth-order valence-corrected chi connectivity index (χ4v) is 4.84. The molecule has 0 amide bonds. The van der Waals surface area contributed by atoms with Gasteiger partial charge in [0.2, 0.25) is 0 Å². The molecule has 160 valence electrons. The molecular formula is C21H16ClF2N3O3S. The third-order valence-corrected chi connectivity index (χ3v) is 6.81. The van der Waals surface area contributed by atoms with Crippen LogP contribution in [0.2, 0.25) is 5.02 Å². The summed E-state index contributed by atoms with van der Waals surface area (Å²) in [5.41, 5.74) is 0.745. The van der Waals surface area contributed by atoms with Gasteiger partial charge in [0.15, 0.2) is 0 Å². The van der Waals surface area contributed by atoms with E-state index in [9.17, 15) is 22.0 Å². The van der Waals surface area contributed by atoms with Crippen LogP contribution >= 0.6 is 11.6 Å². The first-order valence-corrected chi connectivity index (χ1v) is 11.0. The molecule has 0 unspecified atom stereocenters. The average molecular weight is 464 g/mol. The summed E-state index contributed by atoms with van der Waals surface area (Å²) in [6, 6.07) is 12.2. The van der Waals surface area contributed by atoms with E-state index in [0.717, 1.165) is 12.1 Å². The fraction of sp³-hybridized carbons (Fsp3) is 0.0952. The minimum atomic E-state index is -3.94. The van der Waals surface area contributed by atoms with Gasteiger partial charge in [0.25, 0.3) is 15.6 Å². The summed E-state index contributed by atoms with van der Waals surface area (Å²) < 4.78 is 56.5. The van der Waals surface area contributed by atoms with Crippen LogP contribution < -0.4 is 10.3 Å². The zero-order chi connectivity index (χ0) is 22.3. The highest BCUT2D eigenvalue weighted by Gasteiger charge is 2.19. The molecule has 0 atom stereocenters. The maximum absolute atomic E-state index is 14.0. The smallest absolute Gasteiger partial charge is 0.272 e. The second-order valence-electron chi connectivity index (χ2n) is 6.96. The Kier molecular flexibility index (Phi) is 5.32. The number of anilines is 1. The van der Waals surface area contributed by atoms with Crippen LogP contribution in [-0.4, -0.2) is 18.2 Å². The Balaban J connectivity index is 1.68. The quantitative estimate of drug-likeness (QED) is 0.459. The van der Waals surface area contributed by atoms with Crippen LogP contribution in [-0.2, 0) is 16.6 Å². The average Bonchev–Trinajstić information content (AvgIpc) is 3.01. The zero-order valence-corrected chi connectivity index (χ0v) is 17.7. The van der Waals surface area contributed by atoms with Gasteiger partial charge in [0.05, 0.1) is 22.3 Å². The molecule has 3 aromatic carbocycles. The lowest BCUT2D eigenvalue weighted by Gasteiger charge is -2.11. The molecule has 0 saturated heterocycles. The summed E-state index contributed by atoms with van der Waals surface area (Å²) >= 11 is 6.02. The van der Waals surface area contributed by atoms with Crippen molar-refractivity contribution in [2.24, 2.45) is 0 Å². The molecule has 0 saturated carbocycles. The molecule has 0 bridgehead atoms. The van der Waals surface area contributed by atoms with Gasteiger partial charge in [0, 0.05) is 22.3 Å². The normalized spacial score (nSPS) is 11.7. The maximum Gasteiger partial charge on any atom is 0.272 e. The van der Waals surface area contributed by atoms with E-state index in [1.807, 2.05) is 0 Å². The lowest BCUT2D eigenvalue weighted by molar-refractivity contribution is 0.560. The third-order valence-electron chi connectivity index (χ3n) is 4.87. The molecule has 6 nitrogen and oxygen atoms in total. The minimum absolute atomic E-state index is 0.0263. The van der Waals surface area contributed by atoms with Crippen LogP contribution in [0.5, 0.6) is 0 Å². The van der Waals surface area contributed by atoms with Crippen LogP contribution in [0.1, 0.15) is 11.1 Å². The van der Waals surface area contributed by atoms with E-state index in [2.05, 4.69) is 9.82 Å². The Labute approximate surface area is 181 Å². The number of hydrogen-bond donors (Lipinski definition) is 2. The number of hydrogen-bond acceptors (Lipinski definition) is 3. The first-order chi connectivity index (χ1) is 14.7.